The SMILES string of the molecule is C[Si](C)(C)CCS(=O)(=O)n1ccc2cc(CC(NC(=O)N3CCC(n4c(=O)[nH]c5ccccc54)CC3)C(=O)N3CCC4(CC3)OCCO4)ccc21. The molecule has 5 heterocycles. The van der Waals surface area contributed by atoms with Crippen molar-refractivity contribution in [3.05, 3.63) is 70.8 Å². The minimum absolute atomic E-state index is 0.0470. The molecule has 0 bridgehead atoms. The van der Waals surface area contributed by atoms with E-state index in [2.05, 4.69) is 29.9 Å². The summed E-state index contributed by atoms with van der Waals surface area (Å²) in [7, 11) is -5.08. The fraction of sp³-hybridized carbons (Fsp3) is 0.528. The molecular weight excluding hydrogens is 689 g/mol. The number of amides is 3. The Morgan fingerprint density at radius 2 is 1.67 bits per heavy atom. The third-order valence-corrected chi connectivity index (χ3v) is 14.3. The van der Waals surface area contributed by atoms with Crippen LogP contribution in [0.3, 0.4) is 0 Å². The van der Waals surface area contributed by atoms with Crippen molar-refractivity contribution in [3.8, 4) is 0 Å². The summed E-state index contributed by atoms with van der Waals surface area (Å²) in [5.74, 6) is -0.719. The molecule has 2 N–H and O–H groups in total. The second kappa shape index (κ2) is 13.9. The molecule has 3 saturated heterocycles. The van der Waals surface area contributed by atoms with Gasteiger partial charge in [0, 0.05) is 71.1 Å². The first-order valence-corrected chi connectivity index (χ1v) is 23.3. The van der Waals surface area contributed by atoms with Crippen molar-refractivity contribution in [2.24, 2.45) is 0 Å². The van der Waals surface area contributed by atoms with Gasteiger partial charge in [-0.05, 0) is 54.8 Å². The zero-order chi connectivity index (χ0) is 36.0. The van der Waals surface area contributed by atoms with E-state index >= 15 is 0 Å². The van der Waals surface area contributed by atoms with Crippen molar-refractivity contribution in [2.75, 3.05) is 45.1 Å². The first kappa shape index (κ1) is 35.5. The molecule has 3 aliphatic rings. The van der Waals surface area contributed by atoms with E-state index in [-0.39, 0.29) is 35.8 Å². The van der Waals surface area contributed by atoms with Crippen LogP contribution < -0.4 is 11.0 Å². The number of piperidine rings is 2. The maximum atomic E-state index is 14.1. The van der Waals surface area contributed by atoms with Crippen molar-refractivity contribution < 1.29 is 27.5 Å². The molecule has 7 rings (SSSR count). The van der Waals surface area contributed by atoms with Crippen LogP contribution in [0.25, 0.3) is 21.9 Å². The summed E-state index contributed by atoms with van der Waals surface area (Å²) in [6, 6.07) is 14.4. The number of nitrogens with one attached hydrogen (secondary N) is 2. The van der Waals surface area contributed by atoms with Crippen molar-refractivity contribution in [1.82, 2.24) is 28.6 Å². The number of ether oxygens (including phenoxy) is 2. The number of nitrogens with zero attached hydrogens (tertiary/aromatic N) is 4. The largest absolute Gasteiger partial charge is 0.347 e. The van der Waals surface area contributed by atoms with Crippen molar-refractivity contribution in [1.29, 1.82) is 0 Å². The molecule has 3 fully saturated rings. The maximum Gasteiger partial charge on any atom is 0.326 e. The van der Waals surface area contributed by atoms with Gasteiger partial charge in [-0.15, -0.1) is 0 Å². The van der Waals surface area contributed by atoms with Gasteiger partial charge in [0.1, 0.15) is 6.04 Å². The molecular formula is C36H48N6O7SSi. The van der Waals surface area contributed by atoms with Crippen LogP contribution in [0.2, 0.25) is 25.7 Å². The summed E-state index contributed by atoms with van der Waals surface area (Å²) in [6.07, 6.45) is 4.18. The number of aromatic amines is 1. The van der Waals surface area contributed by atoms with Crippen LogP contribution in [0.15, 0.2) is 59.5 Å². The lowest BCUT2D eigenvalue weighted by Crippen LogP contribution is -2.57. The van der Waals surface area contributed by atoms with Gasteiger partial charge in [0.2, 0.25) is 15.9 Å². The quantitative estimate of drug-likeness (QED) is 0.246. The Morgan fingerprint density at radius 3 is 2.37 bits per heavy atom. The van der Waals surface area contributed by atoms with Crippen LogP contribution in [0.5, 0.6) is 0 Å². The number of H-pyrrole nitrogens is 1. The Kier molecular flexibility index (Phi) is 9.67. The number of hydrogen-bond acceptors (Lipinski definition) is 7. The molecule has 1 spiro atoms. The number of fused-ring (bicyclic) bond motifs is 2. The second-order valence-corrected chi connectivity index (χ2v) is 22.9. The number of aromatic nitrogens is 3. The van der Waals surface area contributed by atoms with E-state index in [0.29, 0.717) is 76.6 Å². The number of benzene rings is 2. The zero-order valence-corrected chi connectivity index (χ0v) is 31.4. The lowest BCUT2D eigenvalue weighted by molar-refractivity contribution is -0.187. The minimum atomic E-state index is -3.52. The third kappa shape index (κ3) is 7.52. The highest BCUT2D eigenvalue weighted by Gasteiger charge is 2.42. The average molecular weight is 737 g/mol. The van der Waals surface area contributed by atoms with Crippen molar-refractivity contribution in [2.45, 2.75) is 75.7 Å². The summed E-state index contributed by atoms with van der Waals surface area (Å²) in [6.45, 7) is 9.35. The summed E-state index contributed by atoms with van der Waals surface area (Å²) in [5.41, 5.74) is 2.89. The smallest absolute Gasteiger partial charge is 0.326 e. The fourth-order valence-electron chi connectivity index (χ4n) is 7.58. The molecule has 1 atom stereocenters. The molecule has 51 heavy (non-hydrogen) atoms. The summed E-state index contributed by atoms with van der Waals surface area (Å²) in [5, 5.41) is 3.81. The van der Waals surface area contributed by atoms with Gasteiger partial charge < -0.3 is 29.6 Å². The Bertz CT molecular complexity index is 2080. The van der Waals surface area contributed by atoms with Gasteiger partial charge in [-0.3, -0.25) is 9.36 Å². The van der Waals surface area contributed by atoms with Gasteiger partial charge >= 0.3 is 11.7 Å². The van der Waals surface area contributed by atoms with E-state index in [1.54, 1.807) is 32.7 Å². The Hall–Kier alpha value is -3.92. The van der Waals surface area contributed by atoms with Crippen LogP contribution in [-0.4, -0.2) is 109 Å². The van der Waals surface area contributed by atoms with Crippen LogP contribution in [0.4, 0.5) is 4.79 Å². The molecule has 4 aromatic rings. The number of likely N-dealkylation sites (tertiary alicyclic amines) is 2. The lowest BCUT2D eigenvalue weighted by atomic mass is 9.99. The Labute approximate surface area is 298 Å². The summed E-state index contributed by atoms with van der Waals surface area (Å²) < 4.78 is 41.4. The van der Waals surface area contributed by atoms with E-state index in [4.69, 9.17) is 9.47 Å². The number of rotatable bonds is 9. The van der Waals surface area contributed by atoms with E-state index in [1.165, 1.54) is 3.97 Å². The van der Waals surface area contributed by atoms with Crippen LogP contribution >= 0.6 is 0 Å². The fourth-order valence-corrected chi connectivity index (χ4v) is 12.0. The second-order valence-electron chi connectivity index (χ2n) is 15.3. The average Bonchev–Trinajstić information content (AvgIpc) is 3.84. The van der Waals surface area contributed by atoms with Crippen molar-refractivity contribution >= 4 is 52.0 Å². The van der Waals surface area contributed by atoms with Crippen LogP contribution in [0, 0.1) is 0 Å². The normalized spacial score (nSPS) is 19.3. The first-order chi connectivity index (χ1) is 24.3. The van der Waals surface area contributed by atoms with Gasteiger partial charge in [0.25, 0.3) is 0 Å². The summed E-state index contributed by atoms with van der Waals surface area (Å²) in [4.78, 5) is 47.1. The van der Waals surface area contributed by atoms with Gasteiger partial charge in [0.15, 0.2) is 5.79 Å². The summed E-state index contributed by atoms with van der Waals surface area (Å²) >= 11 is 0. The molecule has 0 aliphatic carbocycles. The maximum absolute atomic E-state index is 14.1. The van der Waals surface area contributed by atoms with Gasteiger partial charge in [0.05, 0.1) is 35.5 Å². The molecule has 0 radical (unpaired) electrons. The highest BCUT2D eigenvalue weighted by Crippen LogP contribution is 2.32. The molecule has 274 valence electrons. The Morgan fingerprint density at radius 1 is 0.961 bits per heavy atom. The topological polar surface area (TPSA) is 148 Å². The highest BCUT2D eigenvalue weighted by atomic mass is 32.2. The first-order valence-electron chi connectivity index (χ1n) is 18.0. The van der Waals surface area contributed by atoms with Crippen LogP contribution in [-0.2, 0) is 30.7 Å². The molecule has 13 nitrogen and oxygen atoms in total. The van der Waals surface area contributed by atoms with Crippen LogP contribution in [0.1, 0.15) is 37.3 Å². The lowest BCUT2D eigenvalue weighted by Gasteiger charge is -2.39. The number of urea groups is 1. The van der Waals surface area contributed by atoms with Crippen molar-refractivity contribution in [3.63, 3.8) is 0 Å². The minimum Gasteiger partial charge on any atom is -0.347 e. The number of carbonyl (C=O) groups excluding carboxylic acids is 2. The van der Waals surface area contributed by atoms with E-state index in [0.717, 1.165) is 22.0 Å². The predicted molar refractivity (Wildman–Crippen MR) is 198 cm³/mol. The van der Waals surface area contributed by atoms with E-state index < -0.39 is 29.9 Å². The zero-order valence-electron chi connectivity index (χ0n) is 29.6. The predicted octanol–water partition coefficient (Wildman–Crippen LogP) is 4.12. The number of para-hydroxylation sites is 2. The number of imidazole rings is 1. The van der Waals surface area contributed by atoms with Gasteiger partial charge in [-0.1, -0.05) is 37.8 Å². The molecule has 0 saturated carbocycles. The monoisotopic (exact) mass is 736 g/mol. The molecule has 3 aliphatic heterocycles. The Balaban J connectivity index is 1.07. The van der Waals surface area contributed by atoms with E-state index in [1.807, 2.05) is 36.4 Å². The molecule has 15 heteroatoms. The van der Waals surface area contributed by atoms with Gasteiger partial charge in [-0.2, -0.15) is 0 Å². The molecule has 3 amide bonds. The van der Waals surface area contributed by atoms with Gasteiger partial charge in [-0.25, -0.2) is 22.0 Å². The number of carbonyl (C=O) groups is 2. The molecule has 2 aromatic heterocycles. The third-order valence-electron chi connectivity index (χ3n) is 10.6. The highest BCUT2D eigenvalue weighted by molar-refractivity contribution is 7.90. The number of hydrogen-bond donors (Lipinski definition) is 2. The standard InChI is InChI=1S/C36H48N6O7SSi/c1-51(2,3)23-22-50(46,47)41-17-10-27-24-26(8-9-31(27)41)25-30(33(43)39-18-13-36(14-19-39)48-20-21-49-36)38-34(44)40-15-11-28(12-16-40)42-32-7-5-4-6-29(32)37-35(42)45/h4-10,17,24,28,30H,11-16,18-23,25H2,1-3H3,(H,37,45)(H,38,44). The molecule has 2 aromatic carbocycles. The van der Waals surface area contributed by atoms with E-state index in [9.17, 15) is 22.8 Å². The molecule has 1 unspecified atom stereocenters.